The van der Waals surface area contributed by atoms with E-state index in [1.54, 1.807) is 0 Å². The fraction of sp³-hybridized carbons (Fsp3) is 0.571. The van der Waals surface area contributed by atoms with Crippen LogP contribution in [-0.2, 0) is 16.4 Å². The summed E-state index contributed by atoms with van der Waals surface area (Å²) in [6, 6.07) is 5.83. The third-order valence-corrected chi connectivity index (χ3v) is 6.05. The van der Waals surface area contributed by atoms with Gasteiger partial charge in [0.25, 0.3) is 0 Å². The molecule has 1 fully saturated rings. The van der Waals surface area contributed by atoms with Crippen molar-refractivity contribution in [2.75, 3.05) is 25.5 Å². The molecule has 1 saturated heterocycles. The fourth-order valence-electron chi connectivity index (χ4n) is 2.66. The Bertz CT molecular complexity index is 585. The quantitative estimate of drug-likeness (QED) is 0.902. The van der Waals surface area contributed by atoms with Gasteiger partial charge in [0, 0.05) is 13.1 Å². The summed E-state index contributed by atoms with van der Waals surface area (Å²) in [7, 11) is -2.86. The van der Waals surface area contributed by atoms with Gasteiger partial charge in [-0.1, -0.05) is 6.07 Å². The molecule has 1 unspecified atom stereocenters. The second kappa shape index (κ2) is 5.61. The highest BCUT2D eigenvalue weighted by Gasteiger charge is 2.30. The second-order valence-corrected chi connectivity index (χ2v) is 7.64. The maximum Gasteiger partial charge on any atom is 0.161 e. The van der Waals surface area contributed by atoms with E-state index in [2.05, 4.69) is 5.32 Å². The summed E-state index contributed by atoms with van der Waals surface area (Å²) >= 11 is 0. The van der Waals surface area contributed by atoms with E-state index in [0.717, 1.165) is 29.9 Å². The summed E-state index contributed by atoms with van der Waals surface area (Å²) in [5.41, 5.74) is 1.07. The predicted octanol–water partition coefficient (Wildman–Crippen LogP) is 1.12. The molecule has 0 aliphatic carbocycles. The smallest absolute Gasteiger partial charge is 0.161 e. The highest BCUT2D eigenvalue weighted by atomic mass is 32.2. The van der Waals surface area contributed by atoms with Gasteiger partial charge in [0.05, 0.1) is 11.0 Å². The zero-order chi connectivity index (χ0) is 14.0. The van der Waals surface area contributed by atoms with Gasteiger partial charge in [-0.05, 0) is 30.5 Å². The lowest BCUT2D eigenvalue weighted by Crippen LogP contribution is -2.30. The Kier molecular flexibility index (Phi) is 3.85. The first-order valence-corrected chi connectivity index (χ1v) is 8.67. The van der Waals surface area contributed by atoms with Crippen LogP contribution in [0, 0.1) is 0 Å². The molecule has 2 aliphatic rings. The standard InChI is InChI=1S/C14H19NO4S/c16-20(17)7-1-2-12(20)10-15-9-11-3-4-13-14(8-11)19-6-5-18-13/h3-4,8,12,15H,1-2,5-7,9-10H2. The SMILES string of the molecule is O=S1(=O)CCCC1CNCc1ccc2c(c1)OCCO2. The Balaban J connectivity index is 1.56. The number of nitrogens with one attached hydrogen (secondary N) is 1. The summed E-state index contributed by atoms with van der Waals surface area (Å²) in [6.45, 7) is 2.33. The summed E-state index contributed by atoms with van der Waals surface area (Å²) in [4.78, 5) is 0. The van der Waals surface area contributed by atoms with Crippen molar-refractivity contribution in [3.05, 3.63) is 23.8 Å². The maximum atomic E-state index is 11.7. The Morgan fingerprint density at radius 2 is 2.00 bits per heavy atom. The van der Waals surface area contributed by atoms with Crippen LogP contribution in [0.5, 0.6) is 11.5 Å². The first kappa shape index (κ1) is 13.7. The van der Waals surface area contributed by atoms with Crippen LogP contribution in [0.1, 0.15) is 18.4 Å². The lowest BCUT2D eigenvalue weighted by atomic mass is 10.2. The number of hydrogen-bond donors (Lipinski definition) is 1. The number of hydrogen-bond acceptors (Lipinski definition) is 5. The van der Waals surface area contributed by atoms with Crippen molar-refractivity contribution < 1.29 is 17.9 Å². The lowest BCUT2D eigenvalue weighted by Gasteiger charge is -2.19. The molecule has 0 saturated carbocycles. The molecule has 1 aromatic carbocycles. The number of fused-ring (bicyclic) bond motifs is 1. The molecular weight excluding hydrogens is 278 g/mol. The average Bonchev–Trinajstić information content (AvgIpc) is 2.78. The molecule has 110 valence electrons. The van der Waals surface area contributed by atoms with E-state index in [-0.39, 0.29) is 5.25 Å². The van der Waals surface area contributed by atoms with Crippen molar-refractivity contribution in [1.29, 1.82) is 0 Å². The van der Waals surface area contributed by atoms with E-state index < -0.39 is 9.84 Å². The van der Waals surface area contributed by atoms with Gasteiger partial charge in [-0.3, -0.25) is 0 Å². The van der Waals surface area contributed by atoms with Crippen LogP contribution in [-0.4, -0.2) is 39.2 Å². The summed E-state index contributed by atoms with van der Waals surface area (Å²) in [6.07, 6.45) is 1.56. The van der Waals surface area contributed by atoms with Crippen molar-refractivity contribution in [2.45, 2.75) is 24.6 Å². The van der Waals surface area contributed by atoms with Crippen molar-refractivity contribution in [2.24, 2.45) is 0 Å². The van der Waals surface area contributed by atoms with Gasteiger partial charge in [0.2, 0.25) is 0 Å². The van der Waals surface area contributed by atoms with E-state index in [0.29, 0.717) is 32.1 Å². The zero-order valence-electron chi connectivity index (χ0n) is 11.3. The minimum atomic E-state index is -2.86. The highest BCUT2D eigenvalue weighted by Crippen LogP contribution is 2.30. The second-order valence-electron chi connectivity index (χ2n) is 5.24. The van der Waals surface area contributed by atoms with Gasteiger partial charge in [0.1, 0.15) is 13.2 Å². The number of sulfone groups is 1. The van der Waals surface area contributed by atoms with Crippen LogP contribution in [0.4, 0.5) is 0 Å². The van der Waals surface area contributed by atoms with Crippen LogP contribution < -0.4 is 14.8 Å². The summed E-state index contributed by atoms with van der Waals surface area (Å²) in [5, 5.41) is 3.01. The van der Waals surface area contributed by atoms with Crippen molar-refractivity contribution in [1.82, 2.24) is 5.32 Å². The lowest BCUT2D eigenvalue weighted by molar-refractivity contribution is 0.171. The van der Waals surface area contributed by atoms with Gasteiger partial charge in [-0.15, -0.1) is 0 Å². The molecular formula is C14H19NO4S. The molecule has 1 N–H and O–H groups in total. The molecule has 1 aromatic rings. The monoisotopic (exact) mass is 297 g/mol. The molecule has 0 radical (unpaired) electrons. The summed E-state index contributed by atoms with van der Waals surface area (Å²) in [5.74, 6) is 1.88. The Hall–Kier alpha value is -1.27. The molecule has 2 heterocycles. The van der Waals surface area contributed by atoms with Crippen LogP contribution in [0.3, 0.4) is 0 Å². The highest BCUT2D eigenvalue weighted by molar-refractivity contribution is 7.92. The van der Waals surface area contributed by atoms with Crippen molar-refractivity contribution in [3.8, 4) is 11.5 Å². The predicted molar refractivity (Wildman–Crippen MR) is 75.9 cm³/mol. The van der Waals surface area contributed by atoms with Gasteiger partial charge in [-0.25, -0.2) is 8.42 Å². The normalized spacial score (nSPS) is 23.7. The van der Waals surface area contributed by atoms with Crippen LogP contribution in [0.2, 0.25) is 0 Å². The van der Waals surface area contributed by atoms with Gasteiger partial charge < -0.3 is 14.8 Å². The van der Waals surface area contributed by atoms with E-state index in [1.807, 2.05) is 18.2 Å². The zero-order valence-corrected chi connectivity index (χ0v) is 12.1. The van der Waals surface area contributed by atoms with Gasteiger partial charge >= 0.3 is 0 Å². The van der Waals surface area contributed by atoms with Crippen LogP contribution in [0.15, 0.2) is 18.2 Å². The van der Waals surface area contributed by atoms with Gasteiger partial charge in [0.15, 0.2) is 21.3 Å². The minimum absolute atomic E-state index is 0.222. The molecule has 1 atom stereocenters. The van der Waals surface area contributed by atoms with Crippen molar-refractivity contribution in [3.63, 3.8) is 0 Å². The summed E-state index contributed by atoms with van der Waals surface area (Å²) < 4.78 is 34.4. The van der Waals surface area contributed by atoms with E-state index in [4.69, 9.17) is 9.47 Å². The fourth-order valence-corrected chi connectivity index (χ4v) is 4.46. The van der Waals surface area contributed by atoms with E-state index in [9.17, 15) is 8.42 Å². The largest absolute Gasteiger partial charge is 0.486 e. The van der Waals surface area contributed by atoms with E-state index in [1.165, 1.54) is 0 Å². The first-order valence-electron chi connectivity index (χ1n) is 6.96. The first-order chi connectivity index (χ1) is 9.65. The molecule has 6 heteroatoms. The molecule has 2 aliphatic heterocycles. The number of benzene rings is 1. The van der Waals surface area contributed by atoms with E-state index >= 15 is 0 Å². The number of ether oxygens (including phenoxy) is 2. The van der Waals surface area contributed by atoms with Crippen LogP contribution in [0.25, 0.3) is 0 Å². The molecule has 20 heavy (non-hydrogen) atoms. The minimum Gasteiger partial charge on any atom is -0.486 e. The molecule has 0 aromatic heterocycles. The van der Waals surface area contributed by atoms with Gasteiger partial charge in [-0.2, -0.15) is 0 Å². The molecule has 0 amide bonds. The Labute approximate surface area is 119 Å². The molecule has 0 spiro atoms. The maximum absolute atomic E-state index is 11.7. The third-order valence-electron chi connectivity index (χ3n) is 3.77. The average molecular weight is 297 g/mol. The van der Waals surface area contributed by atoms with Crippen molar-refractivity contribution >= 4 is 9.84 Å². The molecule has 0 bridgehead atoms. The Morgan fingerprint density at radius 1 is 1.20 bits per heavy atom. The molecule has 3 rings (SSSR count). The third kappa shape index (κ3) is 2.91. The van der Waals surface area contributed by atoms with Crippen LogP contribution >= 0.6 is 0 Å². The topological polar surface area (TPSA) is 64.6 Å². The Morgan fingerprint density at radius 3 is 2.75 bits per heavy atom. The number of rotatable bonds is 4. The molecule has 5 nitrogen and oxygen atoms in total.